The van der Waals surface area contributed by atoms with E-state index in [-0.39, 0.29) is 18.3 Å². The monoisotopic (exact) mass is 362 g/mol. The number of benzene rings is 1. The number of para-hydroxylation sites is 1. The molecule has 0 aliphatic heterocycles. The van der Waals surface area contributed by atoms with Gasteiger partial charge >= 0.3 is 0 Å². The molecule has 1 heterocycles. The maximum Gasteiger partial charge on any atom is 0.225 e. The Balaban J connectivity index is 0.00000225. The van der Waals surface area contributed by atoms with Crippen molar-refractivity contribution in [3.8, 4) is 5.69 Å². The molecule has 0 atom stereocenters. The van der Waals surface area contributed by atoms with E-state index in [9.17, 15) is 4.79 Å². The lowest BCUT2D eigenvalue weighted by Gasteiger charge is -2.08. The summed E-state index contributed by atoms with van der Waals surface area (Å²) in [4.78, 5) is 12.2. The van der Waals surface area contributed by atoms with Gasteiger partial charge in [-0.2, -0.15) is 5.10 Å². The van der Waals surface area contributed by atoms with Crippen LogP contribution >= 0.6 is 12.4 Å². The highest BCUT2D eigenvalue weighted by Gasteiger charge is 2.22. The van der Waals surface area contributed by atoms with Gasteiger partial charge in [-0.3, -0.25) is 4.79 Å². The molecule has 1 aromatic carbocycles. The zero-order valence-electron chi connectivity index (χ0n) is 14.7. The minimum atomic E-state index is 0. The van der Waals surface area contributed by atoms with E-state index in [1.807, 2.05) is 42.1 Å². The van der Waals surface area contributed by atoms with E-state index in [0.717, 1.165) is 30.2 Å². The first-order chi connectivity index (χ1) is 11.8. The van der Waals surface area contributed by atoms with Crippen LogP contribution in [-0.4, -0.2) is 29.3 Å². The molecule has 25 heavy (non-hydrogen) atoms. The third kappa shape index (κ3) is 5.06. The van der Waals surface area contributed by atoms with Crippen molar-refractivity contribution in [2.75, 3.05) is 18.9 Å². The van der Waals surface area contributed by atoms with E-state index < -0.39 is 0 Å². The van der Waals surface area contributed by atoms with Crippen LogP contribution in [0.4, 0.5) is 5.82 Å². The molecular weight excluding hydrogens is 336 g/mol. The number of aromatic nitrogens is 2. The number of nitrogens with one attached hydrogen (secondary N) is 2. The van der Waals surface area contributed by atoms with Crippen LogP contribution in [0, 0.1) is 0 Å². The van der Waals surface area contributed by atoms with Crippen molar-refractivity contribution in [2.24, 2.45) is 0 Å². The number of carbonyl (C=O) groups is 1. The SMILES string of the molecule is CNCCCC(=O)Nc1cc(C2CCCC2)nn1-c1ccccc1.Cl. The number of nitrogens with zero attached hydrogens (tertiary/aromatic N) is 2. The van der Waals surface area contributed by atoms with Crippen molar-refractivity contribution >= 4 is 24.1 Å². The number of hydrogen-bond acceptors (Lipinski definition) is 3. The second-order valence-electron chi connectivity index (χ2n) is 6.44. The molecule has 1 aliphatic rings. The summed E-state index contributed by atoms with van der Waals surface area (Å²) >= 11 is 0. The Labute approximate surface area is 155 Å². The van der Waals surface area contributed by atoms with Crippen molar-refractivity contribution in [3.63, 3.8) is 0 Å². The van der Waals surface area contributed by atoms with Crippen LogP contribution in [0.3, 0.4) is 0 Å². The van der Waals surface area contributed by atoms with Gasteiger partial charge in [0.2, 0.25) is 5.91 Å². The van der Waals surface area contributed by atoms with E-state index in [1.54, 1.807) is 0 Å². The van der Waals surface area contributed by atoms with Gasteiger partial charge in [-0.25, -0.2) is 4.68 Å². The second kappa shape index (κ2) is 9.59. The molecule has 0 unspecified atom stereocenters. The van der Waals surface area contributed by atoms with Crippen LogP contribution < -0.4 is 10.6 Å². The van der Waals surface area contributed by atoms with Crippen LogP contribution in [0.25, 0.3) is 5.69 Å². The zero-order valence-corrected chi connectivity index (χ0v) is 15.5. The van der Waals surface area contributed by atoms with E-state index >= 15 is 0 Å². The minimum absolute atomic E-state index is 0. The average Bonchev–Trinajstić information content (AvgIpc) is 3.25. The maximum atomic E-state index is 12.2. The fourth-order valence-corrected chi connectivity index (χ4v) is 3.31. The molecule has 0 saturated heterocycles. The van der Waals surface area contributed by atoms with Crippen LogP contribution in [0.15, 0.2) is 36.4 Å². The van der Waals surface area contributed by atoms with E-state index in [0.29, 0.717) is 12.3 Å². The fraction of sp³-hybridized carbons (Fsp3) is 0.474. The largest absolute Gasteiger partial charge is 0.320 e. The molecule has 0 spiro atoms. The molecule has 1 saturated carbocycles. The van der Waals surface area contributed by atoms with Gasteiger partial charge in [0.25, 0.3) is 0 Å². The number of halogens is 1. The molecule has 2 aromatic rings. The predicted molar refractivity (Wildman–Crippen MR) is 104 cm³/mol. The first-order valence-electron chi connectivity index (χ1n) is 8.88. The minimum Gasteiger partial charge on any atom is -0.320 e. The van der Waals surface area contributed by atoms with Gasteiger partial charge in [0, 0.05) is 18.4 Å². The summed E-state index contributed by atoms with van der Waals surface area (Å²) in [5, 5.41) is 10.9. The molecule has 1 fully saturated rings. The number of anilines is 1. The Hall–Kier alpha value is -1.85. The lowest BCUT2D eigenvalue weighted by molar-refractivity contribution is -0.116. The Morgan fingerprint density at radius 1 is 1.24 bits per heavy atom. The first-order valence-corrected chi connectivity index (χ1v) is 8.88. The molecule has 1 amide bonds. The highest BCUT2D eigenvalue weighted by atomic mass is 35.5. The van der Waals surface area contributed by atoms with Gasteiger partial charge < -0.3 is 10.6 Å². The number of carbonyl (C=O) groups excluding carboxylic acids is 1. The summed E-state index contributed by atoms with van der Waals surface area (Å²) in [6.07, 6.45) is 6.28. The number of hydrogen-bond donors (Lipinski definition) is 2. The number of rotatable bonds is 7. The molecular formula is C19H27ClN4O. The van der Waals surface area contributed by atoms with Crippen molar-refractivity contribution in [3.05, 3.63) is 42.1 Å². The summed E-state index contributed by atoms with van der Waals surface area (Å²) in [5.41, 5.74) is 2.08. The normalized spacial score (nSPS) is 14.3. The third-order valence-electron chi connectivity index (χ3n) is 4.60. The second-order valence-corrected chi connectivity index (χ2v) is 6.44. The van der Waals surface area contributed by atoms with Crippen LogP contribution in [0.1, 0.15) is 50.1 Å². The van der Waals surface area contributed by atoms with Gasteiger partial charge in [-0.1, -0.05) is 31.0 Å². The summed E-state index contributed by atoms with van der Waals surface area (Å²) in [6.45, 7) is 0.846. The van der Waals surface area contributed by atoms with Crippen LogP contribution in [-0.2, 0) is 4.79 Å². The maximum absolute atomic E-state index is 12.2. The lowest BCUT2D eigenvalue weighted by atomic mass is 10.0. The van der Waals surface area contributed by atoms with Crippen LogP contribution in [0.5, 0.6) is 0 Å². The fourth-order valence-electron chi connectivity index (χ4n) is 3.31. The van der Waals surface area contributed by atoms with Gasteiger partial charge in [0.1, 0.15) is 5.82 Å². The summed E-state index contributed by atoms with van der Waals surface area (Å²) < 4.78 is 1.86. The van der Waals surface area contributed by atoms with E-state index in [1.165, 1.54) is 25.7 Å². The van der Waals surface area contributed by atoms with Crippen molar-refractivity contribution < 1.29 is 4.79 Å². The van der Waals surface area contributed by atoms with E-state index in [4.69, 9.17) is 5.10 Å². The Morgan fingerprint density at radius 2 is 1.96 bits per heavy atom. The van der Waals surface area contributed by atoms with E-state index in [2.05, 4.69) is 16.7 Å². The molecule has 0 radical (unpaired) electrons. The van der Waals surface area contributed by atoms with Gasteiger partial charge in [0.05, 0.1) is 11.4 Å². The van der Waals surface area contributed by atoms with Gasteiger partial charge in [0.15, 0.2) is 0 Å². The summed E-state index contributed by atoms with van der Waals surface area (Å²) in [7, 11) is 1.90. The molecule has 3 rings (SSSR count). The Kier molecular flexibility index (Phi) is 7.47. The van der Waals surface area contributed by atoms with Crippen molar-refractivity contribution in [1.29, 1.82) is 0 Å². The lowest BCUT2D eigenvalue weighted by Crippen LogP contribution is -2.17. The molecule has 1 aliphatic carbocycles. The summed E-state index contributed by atoms with van der Waals surface area (Å²) in [6, 6.07) is 12.1. The number of amides is 1. The molecule has 6 heteroatoms. The predicted octanol–water partition coefficient (Wildman–Crippen LogP) is 3.89. The Morgan fingerprint density at radius 3 is 2.64 bits per heavy atom. The zero-order chi connectivity index (χ0) is 16.8. The average molecular weight is 363 g/mol. The standard InChI is InChI=1S/C19H26N4O.ClH/c1-20-13-7-12-19(24)21-18-14-17(15-8-5-6-9-15)22-23(18)16-10-3-2-4-11-16;/h2-4,10-11,14-15,20H,5-9,12-13H2,1H3,(H,21,24);1H. The Bertz CT molecular complexity index is 665. The molecule has 0 bridgehead atoms. The smallest absolute Gasteiger partial charge is 0.225 e. The molecule has 5 nitrogen and oxygen atoms in total. The van der Waals surface area contributed by atoms with Crippen molar-refractivity contribution in [2.45, 2.75) is 44.4 Å². The van der Waals surface area contributed by atoms with Gasteiger partial charge in [-0.05, 0) is 45.0 Å². The quantitative estimate of drug-likeness (QED) is 0.734. The van der Waals surface area contributed by atoms with Crippen LogP contribution in [0.2, 0.25) is 0 Å². The molecule has 136 valence electrons. The summed E-state index contributed by atoms with van der Waals surface area (Å²) in [5.74, 6) is 1.34. The highest BCUT2D eigenvalue weighted by molar-refractivity contribution is 5.90. The topological polar surface area (TPSA) is 59.0 Å². The first kappa shape index (κ1) is 19.5. The van der Waals surface area contributed by atoms with Crippen molar-refractivity contribution in [1.82, 2.24) is 15.1 Å². The highest BCUT2D eigenvalue weighted by Crippen LogP contribution is 2.35. The molecule has 2 N–H and O–H groups in total. The van der Waals surface area contributed by atoms with Gasteiger partial charge in [-0.15, -0.1) is 12.4 Å². The molecule has 1 aromatic heterocycles. The third-order valence-corrected chi connectivity index (χ3v) is 4.60.